The fourth-order valence-electron chi connectivity index (χ4n) is 2.97. The molecule has 0 aliphatic carbocycles. The predicted octanol–water partition coefficient (Wildman–Crippen LogP) is 3.49. The molecular formula is C19H14F2N4O2. The maximum Gasteiger partial charge on any atom is 0.262 e. The number of nitrogens with zero attached hydrogens (tertiary/aromatic N) is 3. The summed E-state index contributed by atoms with van der Waals surface area (Å²) in [5.74, 6) is -0.824. The first-order chi connectivity index (χ1) is 12.8. The zero-order chi connectivity index (χ0) is 19.3. The highest BCUT2D eigenvalue weighted by atomic mass is 19.1. The van der Waals surface area contributed by atoms with Crippen LogP contribution in [0.3, 0.4) is 0 Å². The molecule has 3 aromatic rings. The molecule has 4 rings (SSSR count). The van der Waals surface area contributed by atoms with Crippen molar-refractivity contribution in [3.05, 3.63) is 64.5 Å². The van der Waals surface area contributed by atoms with E-state index in [1.54, 1.807) is 19.1 Å². The topological polar surface area (TPSA) is 85.2 Å². The molecule has 0 bridgehead atoms. The van der Waals surface area contributed by atoms with E-state index in [0.29, 0.717) is 17.2 Å². The maximum absolute atomic E-state index is 14.1. The van der Waals surface area contributed by atoms with Crippen molar-refractivity contribution in [1.82, 2.24) is 14.9 Å². The normalized spacial score (nSPS) is 14.9. The average Bonchev–Trinajstić information content (AvgIpc) is 3.14. The Morgan fingerprint density at radius 1 is 1.15 bits per heavy atom. The second-order valence-corrected chi connectivity index (χ2v) is 6.12. The number of rotatable bonds is 2. The van der Waals surface area contributed by atoms with Crippen LogP contribution in [0.25, 0.3) is 23.2 Å². The number of nitrogen functional groups attached to an aromatic ring is 1. The van der Waals surface area contributed by atoms with E-state index in [4.69, 9.17) is 10.2 Å². The molecule has 1 aliphatic heterocycles. The van der Waals surface area contributed by atoms with E-state index in [1.165, 1.54) is 24.1 Å². The van der Waals surface area contributed by atoms with E-state index in [9.17, 15) is 13.6 Å². The summed E-state index contributed by atoms with van der Waals surface area (Å²) in [6, 6.07) is 6.63. The quantitative estimate of drug-likeness (QED) is 0.748. The second-order valence-electron chi connectivity index (χ2n) is 6.12. The number of hydrogen-bond acceptors (Lipinski definition) is 5. The summed E-state index contributed by atoms with van der Waals surface area (Å²) >= 11 is 0. The van der Waals surface area contributed by atoms with Gasteiger partial charge in [-0.2, -0.15) is 0 Å². The van der Waals surface area contributed by atoms with E-state index in [-0.39, 0.29) is 34.4 Å². The summed E-state index contributed by atoms with van der Waals surface area (Å²) in [5, 5.41) is 0. The van der Waals surface area contributed by atoms with Gasteiger partial charge in [0.15, 0.2) is 5.76 Å². The number of halogens is 2. The Bertz CT molecular complexity index is 1120. The van der Waals surface area contributed by atoms with Crippen molar-refractivity contribution in [3.63, 3.8) is 0 Å². The lowest BCUT2D eigenvalue weighted by atomic mass is 10.1. The van der Waals surface area contributed by atoms with Crippen molar-refractivity contribution < 1.29 is 18.0 Å². The van der Waals surface area contributed by atoms with E-state index in [1.807, 2.05) is 0 Å². The van der Waals surface area contributed by atoms with Crippen LogP contribution in [0.2, 0.25) is 0 Å². The van der Waals surface area contributed by atoms with Gasteiger partial charge in [0.05, 0.1) is 11.3 Å². The number of anilines is 1. The van der Waals surface area contributed by atoms with Crippen LogP contribution in [0.1, 0.15) is 27.4 Å². The molecular weight excluding hydrogens is 354 g/mol. The minimum Gasteiger partial charge on any atom is -0.460 e. The zero-order valence-electron chi connectivity index (χ0n) is 14.5. The molecule has 1 aromatic carbocycles. The Morgan fingerprint density at radius 2 is 1.89 bits per heavy atom. The predicted molar refractivity (Wildman–Crippen MR) is 95.2 cm³/mol. The monoisotopic (exact) mass is 368 g/mol. The van der Waals surface area contributed by atoms with Crippen LogP contribution in [0.4, 0.5) is 14.7 Å². The third-order valence-corrected chi connectivity index (χ3v) is 4.28. The summed E-state index contributed by atoms with van der Waals surface area (Å²) in [4.78, 5) is 22.5. The highest BCUT2D eigenvalue weighted by Crippen LogP contribution is 2.38. The molecule has 0 spiro atoms. The maximum atomic E-state index is 14.1. The van der Waals surface area contributed by atoms with Gasteiger partial charge >= 0.3 is 0 Å². The molecule has 1 aliphatic rings. The molecule has 0 unspecified atom stereocenters. The van der Waals surface area contributed by atoms with Gasteiger partial charge in [-0.15, -0.1) is 0 Å². The minimum atomic E-state index is -0.749. The van der Waals surface area contributed by atoms with Gasteiger partial charge in [-0.25, -0.2) is 18.7 Å². The first-order valence-corrected chi connectivity index (χ1v) is 8.04. The number of aryl methyl sites for hydroxylation is 1. The molecule has 6 nitrogen and oxygen atoms in total. The van der Waals surface area contributed by atoms with Gasteiger partial charge in [0.25, 0.3) is 5.91 Å². The van der Waals surface area contributed by atoms with Gasteiger partial charge in [0, 0.05) is 18.7 Å². The standard InChI is InChI=1S/C19H14F2N4O2/c1-9-3-6-14(27-9)17-15-16(23-19(22)24-17)13(25(2)18(15)26)7-10-4-5-11(20)8-12(10)21/h3-8H,1-2H3,(H2,22,23,24)/b13-7-. The first-order valence-electron chi connectivity index (χ1n) is 8.04. The van der Waals surface area contributed by atoms with E-state index in [2.05, 4.69) is 9.97 Å². The van der Waals surface area contributed by atoms with Crippen LogP contribution in [0, 0.1) is 18.6 Å². The minimum absolute atomic E-state index is 0.0496. The molecule has 2 N–H and O–H groups in total. The molecule has 0 saturated carbocycles. The number of carbonyl (C=O) groups is 1. The molecule has 2 aromatic heterocycles. The van der Waals surface area contributed by atoms with Gasteiger partial charge in [-0.1, -0.05) is 0 Å². The van der Waals surface area contributed by atoms with E-state index >= 15 is 0 Å². The number of carbonyl (C=O) groups excluding carboxylic acids is 1. The molecule has 0 saturated heterocycles. The number of hydrogen-bond donors (Lipinski definition) is 1. The highest BCUT2D eigenvalue weighted by molar-refractivity contribution is 6.14. The number of nitrogens with two attached hydrogens (primary N) is 1. The van der Waals surface area contributed by atoms with Gasteiger partial charge in [0.2, 0.25) is 5.95 Å². The van der Waals surface area contributed by atoms with Gasteiger partial charge < -0.3 is 15.1 Å². The van der Waals surface area contributed by atoms with Crippen LogP contribution < -0.4 is 5.73 Å². The number of fused-ring (bicyclic) bond motifs is 1. The van der Waals surface area contributed by atoms with Crippen molar-refractivity contribution in [2.75, 3.05) is 12.8 Å². The summed E-state index contributed by atoms with van der Waals surface area (Å²) in [6.07, 6.45) is 1.42. The zero-order valence-corrected chi connectivity index (χ0v) is 14.5. The van der Waals surface area contributed by atoms with Gasteiger partial charge in [0.1, 0.15) is 28.8 Å². The second kappa shape index (κ2) is 6.01. The molecule has 27 heavy (non-hydrogen) atoms. The van der Waals surface area contributed by atoms with E-state index < -0.39 is 11.6 Å². The summed E-state index contributed by atoms with van der Waals surface area (Å²) in [5.41, 5.74) is 7.03. The highest BCUT2D eigenvalue weighted by Gasteiger charge is 2.36. The van der Waals surface area contributed by atoms with Crippen LogP contribution in [-0.2, 0) is 0 Å². The molecule has 0 fully saturated rings. The lowest BCUT2D eigenvalue weighted by Gasteiger charge is -2.10. The third kappa shape index (κ3) is 2.75. The van der Waals surface area contributed by atoms with Crippen molar-refractivity contribution in [3.8, 4) is 11.5 Å². The van der Waals surface area contributed by atoms with Gasteiger partial charge in [-0.3, -0.25) is 4.79 Å². The van der Waals surface area contributed by atoms with Crippen molar-refractivity contribution in [2.24, 2.45) is 0 Å². The number of aromatic nitrogens is 2. The van der Waals surface area contributed by atoms with Crippen LogP contribution in [0.15, 0.2) is 34.7 Å². The van der Waals surface area contributed by atoms with Gasteiger partial charge in [-0.05, 0) is 37.3 Å². The molecule has 1 amide bonds. The SMILES string of the molecule is Cc1ccc(-c2nc(N)nc3c2C(=O)N(C)/C3=C\c2ccc(F)cc2F)o1. The smallest absolute Gasteiger partial charge is 0.262 e. The summed E-state index contributed by atoms with van der Waals surface area (Å²) in [7, 11) is 1.53. The number of benzene rings is 1. The largest absolute Gasteiger partial charge is 0.460 e. The van der Waals surface area contributed by atoms with Crippen LogP contribution >= 0.6 is 0 Å². The van der Waals surface area contributed by atoms with Crippen LogP contribution in [0.5, 0.6) is 0 Å². The Labute approximate surface area is 153 Å². The van der Waals surface area contributed by atoms with Crippen molar-refractivity contribution >= 4 is 23.6 Å². The van der Waals surface area contributed by atoms with Crippen molar-refractivity contribution in [2.45, 2.75) is 6.92 Å². The fourth-order valence-corrected chi connectivity index (χ4v) is 2.97. The Hall–Kier alpha value is -3.55. The molecule has 3 heterocycles. The number of amides is 1. The van der Waals surface area contributed by atoms with E-state index in [0.717, 1.165) is 12.1 Å². The Kier molecular flexibility index (Phi) is 3.76. The van der Waals surface area contributed by atoms with Crippen molar-refractivity contribution in [1.29, 1.82) is 0 Å². The lowest BCUT2D eigenvalue weighted by molar-refractivity contribution is 0.0875. The molecule has 8 heteroatoms. The Balaban J connectivity index is 1.94. The summed E-state index contributed by atoms with van der Waals surface area (Å²) in [6.45, 7) is 1.77. The average molecular weight is 368 g/mol. The first kappa shape index (κ1) is 16.9. The third-order valence-electron chi connectivity index (χ3n) is 4.28. The Morgan fingerprint density at radius 3 is 2.56 bits per heavy atom. The molecule has 136 valence electrons. The van der Waals surface area contributed by atoms with Crippen LogP contribution in [-0.4, -0.2) is 27.8 Å². The summed E-state index contributed by atoms with van der Waals surface area (Å²) < 4.78 is 32.8. The molecule has 0 radical (unpaired) electrons. The number of furan rings is 1. The lowest BCUT2D eigenvalue weighted by Crippen LogP contribution is -2.17. The molecule has 0 atom stereocenters. The fraction of sp³-hybridized carbons (Fsp3) is 0.105.